The zero-order valence-corrected chi connectivity index (χ0v) is 17.2. The molecule has 2 N–H and O–H groups in total. The average molecular weight is 446 g/mol. The number of halogens is 3. The van der Waals surface area contributed by atoms with Gasteiger partial charge in [-0.15, -0.1) is 0 Å². The van der Waals surface area contributed by atoms with Gasteiger partial charge >= 0.3 is 12.1 Å². The van der Waals surface area contributed by atoms with Crippen molar-refractivity contribution in [1.82, 2.24) is 14.9 Å². The summed E-state index contributed by atoms with van der Waals surface area (Å²) in [5.41, 5.74) is -1.12. The van der Waals surface area contributed by atoms with Crippen LogP contribution in [0.1, 0.15) is 45.2 Å². The molecule has 0 bridgehead atoms. The van der Waals surface area contributed by atoms with Gasteiger partial charge in [-0.25, -0.2) is 4.98 Å². The van der Waals surface area contributed by atoms with E-state index in [2.05, 4.69) is 15.3 Å². The lowest BCUT2D eigenvalue weighted by molar-refractivity contribution is -0.147. The number of carbonyl (C=O) groups excluding carboxylic acids is 1. The van der Waals surface area contributed by atoms with Gasteiger partial charge in [0.2, 0.25) is 5.91 Å². The van der Waals surface area contributed by atoms with Crippen LogP contribution in [0.25, 0.3) is 0 Å². The van der Waals surface area contributed by atoms with E-state index in [-0.39, 0.29) is 37.7 Å². The molecule has 0 saturated carbocycles. The predicted octanol–water partition coefficient (Wildman–Crippen LogP) is 2.28. The molecule has 3 rings (SSSR count). The van der Waals surface area contributed by atoms with E-state index in [1.54, 1.807) is 18.7 Å². The number of carboxylic acids is 1. The average Bonchev–Trinajstić information content (AvgIpc) is 2.98. The van der Waals surface area contributed by atoms with Gasteiger partial charge in [0.25, 0.3) is 0 Å². The third kappa shape index (κ3) is 6.03. The van der Waals surface area contributed by atoms with E-state index >= 15 is 0 Å². The smallest absolute Gasteiger partial charge is 0.434 e. The highest BCUT2D eigenvalue weighted by Gasteiger charge is 2.50. The quantitative estimate of drug-likeness (QED) is 0.614. The first kappa shape index (κ1) is 23.2. The number of alkyl halides is 3. The highest BCUT2D eigenvalue weighted by atomic mass is 19.4. The second kappa shape index (κ2) is 8.95. The molecule has 3 heterocycles. The molecule has 1 amide bonds. The van der Waals surface area contributed by atoms with Crippen LogP contribution in [0.5, 0.6) is 0 Å². The Hall–Kier alpha value is -2.47. The van der Waals surface area contributed by atoms with Crippen LogP contribution in [-0.2, 0) is 25.2 Å². The van der Waals surface area contributed by atoms with Gasteiger partial charge in [-0.1, -0.05) is 0 Å². The summed E-state index contributed by atoms with van der Waals surface area (Å²) in [6.45, 7) is 3.91. The van der Waals surface area contributed by atoms with E-state index in [1.807, 2.05) is 0 Å². The first-order valence-electron chi connectivity index (χ1n) is 9.95. The molecule has 2 aliphatic rings. The molecule has 172 valence electrons. The number of carboxylic acid groups (broad SMARTS) is 1. The SMILES string of the molecule is CC1(C)O[C@@H]2[C@@H](Nc3cncc(C(F)(F)F)n3)CN(C(=O)CCCCC(=O)O)C[C@@H]2O1. The molecule has 0 aliphatic carbocycles. The monoisotopic (exact) mass is 446 g/mol. The molecule has 3 atom stereocenters. The van der Waals surface area contributed by atoms with Crippen molar-refractivity contribution in [3.63, 3.8) is 0 Å². The third-order valence-corrected chi connectivity index (χ3v) is 5.08. The number of nitrogens with one attached hydrogen (secondary N) is 1. The number of rotatable bonds is 7. The molecule has 0 spiro atoms. The maximum atomic E-state index is 13.0. The number of nitrogens with zero attached hydrogens (tertiary/aromatic N) is 3. The van der Waals surface area contributed by atoms with E-state index in [4.69, 9.17) is 14.6 Å². The van der Waals surface area contributed by atoms with Crippen molar-refractivity contribution >= 4 is 17.7 Å². The Balaban J connectivity index is 1.71. The van der Waals surface area contributed by atoms with E-state index in [9.17, 15) is 22.8 Å². The Kier molecular flexibility index (Phi) is 6.70. The minimum atomic E-state index is -4.63. The Morgan fingerprint density at radius 1 is 1.23 bits per heavy atom. The van der Waals surface area contributed by atoms with E-state index in [0.29, 0.717) is 19.0 Å². The fourth-order valence-electron chi connectivity index (χ4n) is 3.78. The molecular weight excluding hydrogens is 421 g/mol. The Labute approximate surface area is 176 Å². The number of ether oxygens (including phenoxy) is 2. The van der Waals surface area contributed by atoms with Crippen LogP contribution in [0.2, 0.25) is 0 Å². The van der Waals surface area contributed by atoms with Crippen molar-refractivity contribution in [2.45, 2.75) is 69.7 Å². The van der Waals surface area contributed by atoms with Gasteiger partial charge in [0.1, 0.15) is 18.0 Å². The summed E-state index contributed by atoms with van der Waals surface area (Å²) < 4.78 is 50.7. The summed E-state index contributed by atoms with van der Waals surface area (Å²) in [4.78, 5) is 32.0. The van der Waals surface area contributed by atoms with E-state index in [0.717, 1.165) is 0 Å². The predicted molar refractivity (Wildman–Crippen MR) is 101 cm³/mol. The third-order valence-electron chi connectivity index (χ3n) is 5.08. The van der Waals surface area contributed by atoms with Gasteiger partial charge in [-0.2, -0.15) is 13.2 Å². The first-order valence-corrected chi connectivity index (χ1v) is 9.95. The number of anilines is 1. The van der Waals surface area contributed by atoms with Gasteiger partial charge < -0.3 is 24.8 Å². The summed E-state index contributed by atoms with van der Waals surface area (Å²) in [5, 5.41) is 11.6. The van der Waals surface area contributed by atoms with Crippen LogP contribution in [0.4, 0.5) is 19.0 Å². The number of amides is 1. The minimum absolute atomic E-state index is 0.0124. The molecule has 12 heteroatoms. The first-order chi connectivity index (χ1) is 14.4. The number of unbranched alkanes of at least 4 members (excludes halogenated alkanes) is 1. The van der Waals surface area contributed by atoms with Crippen molar-refractivity contribution in [3.8, 4) is 0 Å². The molecule has 2 fully saturated rings. The molecule has 0 aromatic carbocycles. The number of fused-ring (bicyclic) bond motifs is 1. The summed E-state index contributed by atoms with van der Waals surface area (Å²) in [5.74, 6) is -2.09. The largest absolute Gasteiger partial charge is 0.481 e. The van der Waals surface area contributed by atoms with Gasteiger partial charge in [0.05, 0.1) is 18.4 Å². The highest BCUT2D eigenvalue weighted by Crippen LogP contribution is 2.35. The number of hydrogen-bond donors (Lipinski definition) is 2. The van der Waals surface area contributed by atoms with Gasteiger partial charge in [-0.05, 0) is 26.7 Å². The summed E-state index contributed by atoms with van der Waals surface area (Å²) >= 11 is 0. The molecular formula is C19H25F3N4O5. The topological polar surface area (TPSA) is 114 Å². The molecule has 2 aliphatic heterocycles. The van der Waals surface area contributed by atoms with E-state index in [1.165, 1.54) is 6.20 Å². The number of hydrogen-bond acceptors (Lipinski definition) is 7. The van der Waals surface area contributed by atoms with Crippen molar-refractivity contribution in [2.24, 2.45) is 0 Å². The van der Waals surface area contributed by atoms with Crippen LogP contribution in [0, 0.1) is 0 Å². The van der Waals surface area contributed by atoms with Crippen LogP contribution in [0.3, 0.4) is 0 Å². The zero-order chi connectivity index (χ0) is 22.8. The lowest BCUT2D eigenvalue weighted by atomic mass is 9.98. The summed E-state index contributed by atoms with van der Waals surface area (Å²) in [7, 11) is 0. The van der Waals surface area contributed by atoms with Gasteiger partial charge in [0.15, 0.2) is 11.5 Å². The number of aliphatic carboxylic acids is 1. The molecule has 1 aromatic heterocycles. The zero-order valence-electron chi connectivity index (χ0n) is 17.2. The Bertz CT molecular complexity index is 820. The van der Waals surface area contributed by atoms with Crippen LogP contribution >= 0.6 is 0 Å². The highest BCUT2D eigenvalue weighted by molar-refractivity contribution is 5.76. The molecule has 0 radical (unpaired) electrons. The standard InChI is InChI=1S/C19H25F3N4O5/c1-18(2)30-12-10-26(15(27)5-3-4-6-16(28)29)9-11(17(12)31-18)24-14-8-23-7-13(25-14)19(20,21)22/h7-8,11-12,17H,3-6,9-10H2,1-2H3,(H,24,25)(H,28,29)/t11-,12-,17+/m0/s1. The number of aromatic nitrogens is 2. The van der Waals surface area contributed by atoms with Crippen LogP contribution < -0.4 is 5.32 Å². The summed E-state index contributed by atoms with van der Waals surface area (Å²) in [6.07, 6.45) is -2.81. The molecule has 9 nitrogen and oxygen atoms in total. The second-order valence-corrected chi connectivity index (χ2v) is 8.08. The van der Waals surface area contributed by atoms with Crippen molar-refractivity contribution in [2.75, 3.05) is 18.4 Å². The fraction of sp³-hybridized carbons (Fsp3) is 0.684. The Morgan fingerprint density at radius 2 is 1.94 bits per heavy atom. The van der Waals surface area contributed by atoms with E-state index < -0.39 is 41.9 Å². The molecule has 2 saturated heterocycles. The van der Waals surface area contributed by atoms with Crippen molar-refractivity contribution < 1.29 is 37.3 Å². The van der Waals surface area contributed by atoms with Crippen LogP contribution in [0.15, 0.2) is 12.4 Å². The maximum absolute atomic E-state index is 13.0. The number of piperidine rings is 1. The summed E-state index contributed by atoms with van der Waals surface area (Å²) in [6, 6.07) is -0.568. The molecule has 1 aromatic rings. The Morgan fingerprint density at radius 3 is 2.61 bits per heavy atom. The van der Waals surface area contributed by atoms with Crippen LogP contribution in [-0.4, -0.2) is 69.0 Å². The van der Waals surface area contributed by atoms with Crippen molar-refractivity contribution in [3.05, 3.63) is 18.1 Å². The molecule has 31 heavy (non-hydrogen) atoms. The molecule has 0 unspecified atom stereocenters. The lowest BCUT2D eigenvalue weighted by Gasteiger charge is -2.39. The van der Waals surface area contributed by atoms with Gasteiger partial charge in [0, 0.05) is 25.9 Å². The van der Waals surface area contributed by atoms with Crippen molar-refractivity contribution in [1.29, 1.82) is 0 Å². The van der Waals surface area contributed by atoms with Gasteiger partial charge in [-0.3, -0.25) is 14.6 Å². The lowest BCUT2D eigenvalue weighted by Crippen LogP contribution is -2.58. The fourth-order valence-corrected chi connectivity index (χ4v) is 3.78. The maximum Gasteiger partial charge on any atom is 0.434 e. The minimum Gasteiger partial charge on any atom is -0.481 e. The number of carbonyl (C=O) groups is 2. The normalized spacial score (nSPS) is 25.2. The number of likely N-dealkylation sites (tertiary alicyclic amines) is 1. The second-order valence-electron chi connectivity index (χ2n) is 8.08.